The van der Waals surface area contributed by atoms with Crippen LogP contribution in [0.5, 0.6) is 0 Å². The molecule has 1 aromatic rings. The molecule has 98 valence electrons. The van der Waals surface area contributed by atoms with Gasteiger partial charge in [0.15, 0.2) is 0 Å². The Kier molecular flexibility index (Phi) is 3.84. The van der Waals surface area contributed by atoms with Gasteiger partial charge in [-0.2, -0.15) is 0 Å². The summed E-state index contributed by atoms with van der Waals surface area (Å²) in [6.07, 6.45) is 5.61. The molecule has 0 spiro atoms. The van der Waals surface area contributed by atoms with Gasteiger partial charge in [0, 0.05) is 11.3 Å². The minimum absolute atomic E-state index is 0.193. The van der Waals surface area contributed by atoms with E-state index in [4.69, 9.17) is 0 Å². The summed E-state index contributed by atoms with van der Waals surface area (Å²) in [5, 5.41) is 0. The topological polar surface area (TPSA) is 17.1 Å². The van der Waals surface area contributed by atoms with E-state index in [2.05, 4.69) is 0 Å². The van der Waals surface area contributed by atoms with Crippen LogP contribution in [0.25, 0.3) is 0 Å². The molecular formula is C16H21FO. The molecule has 0 aliphatic heterocycles. The van der Waals surface area contributed by atoms with Crippen LogP contribution in [0.3, 0.4) is 0 Å². The van der Waals surface area contributed by atoms with Gasteiger partial charge in [-0.1, -0.05) is 31.4 Å². The van der Waals surface area contributed by atoms with Crippen molar-refractivity contribution in [2.45, 2.75) is 51.4 Å². The van der Waals surface area contributed by atoms with Crippen LogP contribution < -0.4 is 0 Å². The highest BCUT2D eigenvalue weighted by Crippen LogP contribution is 2.33. The summed E-state index contributed by atoms with van der Waals surface area (Å²) in [5.74, 6) is 0.257. The van der Waals surface area contributed by atoms with Crippen LogP contribution in [-0.2, 0) is 10.2 Å². The quantitative estimate of drug-likeness (QED) is 0.781. The Morgan fingerprint density at radius 1 is 1.11 bits per heavy atom. The summed E-state index contributed by atoms with van der Waals surface area (Å²) in [5.41, 5.74) is 0.412. The van der Waals surface area contributed by atoms with Gasteiger partial charge in [-0.05, 0) is 44.4 Å². The number of hydrogen-bond acceptors (Lipinski definition) is 1. The third kappa shape index (κ3) is 2.63. The predicted octanol–water partition coefficient (Wildman–Crippen LogP) is 4.25. The second-order valence-corrected chi connectivity index (χ2v) is 5.83. The van der Waals surface area contributed by atoms with Crippen LogP contribution >= 0.6 is 0 Å². The number of carbonyl (C=O) groups excluding carboxylic acids is 1. The Balaban J connectivity index is 2.18. The van der Waals surface area contributed by atoms with Crippen molar-refractivity contribution in [2.75, 3.05) is 0 Å². The number of halogens is 1. The molecule has 0 saturated heterocycles. The van der Waals surface area contributed by atoms with Gasteiger partial charge in [0.1, 0.15) is 11.6 Å². The SMILES string of the molecule is CC(C)(C(=O)C1CCCCC1)c1ccc(F)cc1. The van der Waals surface area contributed by atoms with Crippen LogP contribution in [0.4, 0.5) is 4.39 Å². The lowest BCUT2D eigenvalue weighted by Crippen LogP contribution is -2.35. The Morgan fingerprint density at radius 2 is 1.67 bits per heavy atom. The van der Waals surface area contributed by atoms with Crippen LogP contribution in [0.1, 0.15) is 51.5 Å². The maximum absolute atomic E-state index is 12.9. The van der Waals surface area contributed by atoms with Crippen molar-refractivity contribution in [3.8, 4) is 0 Å². The highest BCUT2D eigenvalue weighted by atomic mass is 19.1. The Bertz CT molecular complexity index is 413. The number of rotatable bonds is 3. The molecule has 0 N–H and O–H groups in total. The molecule has 18 heavy (non-hydrogen) atoms. The van der Waals surface area contributed by atoms with Crippen molar-refractivity contribution in [1.29, 1.82) is 0 Å². The molecule has 0 atom stereocenters. The molecule has 1 aromatic carbocycles. The first kappa shape index (κ1) is 13.3. The van der Waals surface area contributed by atoms with E-state index < -0.39 is 5.41 Å². The predicted molar refractivity (Wildman–Crippen MR) is 71.0 cm³/mol. The van der Waals surface area contributed by atoms with Gasteiger partial charge in [0.05, 0.1) is 0 Å². The molecule has 2 rings (SSSR count). The van der Waals surface area contributed by atoms with E-state index in [-0.39, 0.29) is 11.7 Å². The fourth-order valence-corrected chi connectivity index (χ4v) is 2.88. The molecule has 1 aliphatic rings. The standard InChI is InChI=1S/C16H21FO/c1-16(2,13-8-10-14(17)11-9-13)15(18)12-6-4-3-5-7-12/h8-12H,3-7H2,1-2H3. The summed E-state index contributed by atoms with van der Waals surface area (Å²) in [6, 6.07) is 6.34. The van der Waals surface area contributed by atoms with Crippen molar-refractivity contribution in [2.24, 2.45) is 5.92 Å². The third-order valence-corrected chi connectivity index (χ3v) is 4.16. The van der Waals surface area contributed by atoms with E-state index in [0.717, 1.165) is 31.2 Å². The molecular weight excluding hydrogens is 227 g/mol. The maximum atomic E-state index is 12.9. The van der Waals surface area contributed by atoms with Crippen molar-refractivity contribution >= 4 is 5.78 Å². The molecule has 0 heterocycles. The van der Waals surface area contributed by atoms with Crippen LogP contribution in [0, 0.1) is 11.7 Å². The number of hydrogen-bond donors (Lipinski definition) is 0. The first-order valence-electron chi connectivity index (χ1n) is 6.82. The molecule has 1 saturated carbocycles. The fourth-order valence-electron chi connectivity index (χ4n) is 2.88. The summed E-state index contributed by atoms with van der Waals surface area (Å²) in [4.78, 5) is 12.6. The van der Waals surface area contributed by atoms with Crippen LogP contribution in [0.2, 0.25) is 0 Å². The van der Waals surface area contributed by atoms with Gasteiger partial charge in [0.2, 0.25) is 0 Å². The van der Waals surface area contributed by atoms with Crippen LogP contribution in [0.15, 0.2) is 24.3 Å². The summed E-state index contributed by atoms with van der Waals surface area (Å²) < 4.78 is 12.9. The van der Waals surface area contributed by atoms with Crippen molar-refractivity contribution in [1.82, 2.24) is 0 Å². The largest absolute Gasteiger partial charge is 0.298 e. The first-order chi connectivity index (χ1) is 8.51. The smallest absolute Gasteiger partial charge is 0.145 e. The maximum Gasteiger partial charge on any atom is 0.145 e. The van der Waals surface area contributed by atoms with E-state index >= 15 is 0 Å². The molecule has 1 nitrogen and oxygen atoms in total. The second kappa shape index (κ2) is 5.21. The van der Waals surface area contributed by atoms with Crippen molar-refractivity contribution in [3.63, 3.8) is 0 Å². The lowest BCUT2D eigenvalue weighted by atomic mass is 9.72. The van der Waals surface area contributed by atoms with Gasteiger partial charge in [-0.25, -0.2) is 4.39 Å². The van der Waals surface area contributed by atoms with E-state index in [1.165, 1.54) is 18.6 Å². The zero-order valence-electron chi connectivity index (χ0n) is 11.2. The normalized spacial score (nSPS) is 17.7. The van der Waals surface area contributed by atoms with Gasteiger partial charge in [-0.15, -0.1) is 0 Å². The Labute approximate surface area is 108 Å². The van der Waals surface area contributed by atoms with E-state index in [1.54, 1.807) is 12.1 Å². The van der Waals surface area contributed by atoms with Gasteiger partial charge < -0.3 is 0 Å². The highest BCUT2D eigenvalue weighted by Gasteiger charge is 2.35. The second-order valence-electron chi connectivity index (χ2n) is 5.83. The number of ketones is 1. The average Bonchev–Trinajstić information content (AvgIpc) is 2.39. The molecule has 0 aromatic heterocycles. The highest BCUT2D eigenvalue weighted by molar-refractivity contribution is 5.91. The lowest BCUT2D eigenvalue weighted by molar-refractivity contribution is -0.128. The van der Waals surface area contributed by atoms with E-state index in [9.17, 15) is 9.18 Å². The number of carbonyl (C=O) groups is 1. The zero-order chi connectivity index (χ0) is 13.2. The molecule has 1 fully saturated rings. The molecule has 0 bridgehead atoms. The lowest BCUT2D eigenvalue weighted by Gasteiger charge is -2.30. The minimum Gasteiger partial charge on any atom is -0.298 e. The average molecular weight is 248 g/mol. The monoisotopic (exact) mass is 248 g/mol. The van der Waals surface area contributed by atoms with Gasteiger partial charge in [0.25, 0.3) is 0 Å². The summed E-state index contributed by atoms with van der Waals surface area (Å²) in [7, 11) is 0. The molecule has 0 amide bonds. The van der Waals surface area contributed by atoms with Gasteiger partial charge >= 0.3 is 0 Å². The third-order valence-electron chi connectivity index (χ3n) is 4.16. The van der Waals surface area contributed by atoms with Crippen molar-refractivity contribution < 1.29 is 9.18 Å². The van der Waals surface area contributed by atoms with E-state index in [1.807, 2.05) is 13.8 Å². The summed E-state index contributed by atoms with van der Waals surface area (Å²) in [6.45, 7) is 3.91. The molecule has 1 aliphatic carbocycles. The summed E-state index contributed by atoms with van der Waals surface area (Å²) >= 11 is 0. The molecule has 2 heteroatoms. The Morgan fingerprint density at radius 3 is 2.22 bits per heavy atom. The zero-order valence-corrected chi connectivity index (χ0v) is 11.2. The van der Waals surface area contributed by atoms with Gasteiger partial charge in [-0.3, -0.25) is 4.79 Å². The fraction of sp³-hybridized carbons (Fsp3) is 0.562. The van der Waals surface area contributed by atoms with E-state index in [0.29, 0.717) is 5.78 Å². The Hall–Kier alpha value is -1.18. The minimum atomic E-state index is -0.504. The molecule has 0 unspecified atom stereocenters. The first-order valence-corrected chi connectivity index (χ1v) is 6.82. The van der Waals surface area contributed by atoms with Crippen LogP contribution in [-0.4, -0.2) is 5.78 Å². The number of Topliss-reactive ketones (excluding diaryl/α,β-unsaturated/α-hetero) is 1. The van der Waals surface area contributed by atoms with Crippen molar-refractivity contribution in [3.05, 3.63) is 35.6 Å². The number of benzene rings is 1. The molecule has 0 radical (unpaired) electrons.